The number of methoxy groups -OCH3 is 1. The van der Waals surface area contributed by atoms with Crippen LogP contribution in [0.5, 0.6) is 5.75 Å². The van der Waals surface area contributed by atoms with Crippen LogP contribution in [0.3, 0.4) is 0 Å². The molecule has 32 heavy (non-hydrogen) atoms. The topological polar surface area (TPSA) is 91.0 Å². The highest BCUT2D eigenvalue weighted by atomic mass is 19.1. The van der Waals surface area contributed by atoms with Gasteiger partial charge >= 0.3 is 0 Å². The van der Waals surface area contributed by atoms with Crippen molar-refractivity contribution in [2.24, 2.45) is 0 Å². The molecule has 0 aliphatic carbocycles. The van der Waals surface area contributed by atoms with Crippen LogP contribution in [-0.2, 0) is 24.3 Å². The molecular weight excluding hydrogens is 413 g/mol. The second-order valence-corrected chi connectivity index (χ2v) is 7.28. The second-order valence-electron chi connectivity index (χ2n) is 7.28. The van der Waals surface area contributed by atoms with Gasteiger partial charge in [-0.2, -0.15) is 5.10 Å². The highest BCUT2D eigenvalue weighted by Crippen LogP contribution is 2.12. The lowest BCUT2D eigenvalue weighted by atomic mass is 10.1. The molecule has 164 valence electrons. The third-order valence-corrected chi connectivity index (χ3v) is 5.06. The zero-order valence-corrected chi connectivity index (χ0v) is 17.5. The van der Waals surface area contributed by atoms with E-state index in [0.717, 1.165) is 16.9 Å². The molecule has 0 aliphatic heterocycles. The summed E-state index contributed by atoms with van der Waals surface area (Å²) in [4.78, 5) is 29.3. The van der Waals surface area contributed by atoms with Gasteiger partial charge in [-0.3, -0.25) is 14.2 Å². The molecule has 0 fully saturated rings. The zero-order chi connectivity index (χ0) is 22.5. The molecule has 0 saturated heterocycles. The lowest BCUT2D eigenvalue weighted by Gasteiger charge is -2.08. The van der Waals surface area contributed by atoms with Gasteiger partial charge < -0.3 is 10.1 Å². The number of fused-ring (bicyclic) bond motifs is 1. The molecule has 0 saturated carbocycles. The number of amides is 1. The summed E-state index contributed by atoms with van der Waals surface area (Å²) in [6.45, 7) is 1.02. The van der Waals surface area contributed by atoms with Gasteiger partial charge in [-0.25, -0.2) is 14.1 Å². The molecule has 2 heterocycles. The summed E-state index contributed by atoms with van der Waals surface area (Å²) in [5.74, 6) is 0.303. The molecule has 1 amide bonds. The van der Waals surface area contributed by atoms with Gasteiger partial charge in [0, 0.05) is 6.54 Å². The predicted octanol–water partition coefficient (Wildman–Crippen LogP) is 2.15. The summed E-state index contributed by atoms with van der Waals surface area (Å²) in [5.41, 5.74) is 1.90. The van der Waals surface area contributed by atoms with Crippen molar-refractivity contribution in [3.8, 4) is 5.75 Å². The minimum atomic E-state index is -0.327. The standard InChI is InChI=1S/C23H22FN5O3/c1-32-19-8-4-16(5-9-19)12-21(30)25-10-11-29-22-20(13-27-29)23(31)28(15-26-22)14-17-2-6-18(24)7-3-17/h2-9,13,15H,10-12,14H2,1H3,(H,25,30). The molecule has 0 atom stereocenters. The monoisotopic (exact) mass is 435 g/mol. The minimum Gasteiger partial charge on any atom is -0.497 e. The molecule has 0 radical (unpaired) electrons. The molecule has 8 nitrogen and oxygen atoms in total. The zero-order valence-electron chi connectivity index (χ0n) is 17.5. The van der Waals surface area contributed by atoms with Crippen molar-refractivity contribution < 1.29 is 13.9 Å². The van der Waals surface area contributed by atoms with Gasteiger partial charge in [0.05, 0.1) is 32.8 Å². The van der Waals surface area contributed by atoms with Gasteiger partial charge in [-0.05, 0) is 35.4 Å². The lowest BCUT2D eigenvalue weighted by molar-refractivity contribution is -0.120. The molecule has 0 aliphatic rings. The summed E-state index contributed by atoms with van der Waals surface area (Å²) in [6.07, 6.45) is 3.19. The van der Waals surface area contributed by atoms with E-state index in [1.807, 2.05) is 24.3 Å². The van der Waals surface area contributed by atoms with Gasteiger partial charge in [-0.15, -0.1) is 0 Å². The Hall–Kier alpha value is -4.01. The lowest BCUT2D eigenvalue weighted by Crippen LogP contribution is -2.29. The fraction of sp³-hybridized carbons (Fsp3) is 0.217. The smallest absolute Gasteiger partial charge is 0.264 e. The number of carbonyl (C=O) groups is 1. The van der Waals surface area contributed by atoms with E-state index in [9.17, 15) is 14.0 Å². The first kappa shape index (κ1) is 21.2. The van der Waals surface area contributed by atoms with Crippen LogP contribution in [0, 0.1) is 5.82 Å². The SMILES string of the molecule is COc1ccc(CC(=O)NCCn2ncc3c(=O)n(Cc4ccc(F)cc4)cnc32)cc1. The van der Waals surface area contributed by atoms with Crippen LogP contribution < -0.4 is 15.6 Å². The fourth-order valence-electron chi connectivity index (χ4n) is 3.35. The van der Waals surface area contributed by atoms with E-state index < -0.39 is 0 Å². The molecule has 0 spiro atoms. The summed E-state index contributed by atoms with van der Waals surface area (Å²) in [6, 6.07) is 13.3. The minimum absolute atomic E-state index is 0.110. The van der Waals surface area contributed by atoms with Crippen molar-refractivity contribution in [2.45, 2.75) is 19.5 Å². The molecule has 1 N–H and O–H groups in total. The Labute approximate surface area is 183 Å². The maximum absolute atomic E-state index is 13.1. The Bertz CT molecular complexity index is 1280. The van der Waals surface area contributed by atoms with Crippen molar-refractivity contribution >= 4 is 16.9 Å². The van der Waals surface area contributed by atoms with E-state index in [-0.39, 0.29) is 30.2 Å². The van der Waals surface area contributed by atoms with Gasteiger partial charge in [-0.1, -0.05) is 24.3 Å². The molecule has 2 aromatic carbocycles. The van der Waals surface area contributed by atoms with Crippen LogP contribution >= 0.6 is 0 Å². The third-order valence-electron chi connectivity index (χ3n) is 5.06. The fourth-order valence-corrected chi connectivity index (χ4v) is 3.35. The van der Waals surface area contributed by atoms with Crippen molar-refractivity contribution in [3.05, 3.63) is 88.4 Å². The number of rotatable bonds is 8. The van der Waals surface area contributed by atoms with E-state index in [1.165, 1.54) is 29.2 Å². The van der Waals surface area contributed by atoms with Crippen LogP contribution in [0.4, 0.5) is 4.39 Å². The molecule has 0 bridgehead atoms. The van der Waals surface area contributed by atoms with E-state index in [0.29, 0.717) is 24.1 Å². The first-order valence-corrected chi connectivity index (χ1v) is 10.1. The van der Waals surface area contributed by atoms with Gasteiger partial charge in [0.25, 0.3) is 5.56 Å². The number of nitrogens with one attached hydrogen (secondary N) is 1. The highest BCUT2D eigenvalue weighted by molar-refractivity contribution is 5.78. The van der Waals surface area contributed by atoms with Crippen molar-refractivity contribution in [1.82, 2.24) is 24.6 Å². The summed E-state index contributed by atoms with van der Waals surface area (Å²) >= 11 is 0. The first-order chi connectivity index (χ1) is 15.5. The Morgan fingerprint density at radius 3 is 2.53 bits per heavy atom. The summed E-state index contributed by atoms with van der Waals surface area (Å²) in [5, 5.41) is 7.48. The average Bonchev–Trinajstić information content (AvgIpc) is 3.21. The van der Waals surface area contributed by atoms with Gasteiger partial charge in [0.15, 0.2) is 5.65 Å². The van der Waals surface area contributed by atoms with E-state index >= 15 is 0 Å². The van der Waals surface area contributed by atoms with E-state index in [4.69, 9.17) is 4.74 Å². The highest BCUT2D eigenvalue weighted by Gasteiger charge is 2.11. The van der Waals surface area contributed by atoms with Crippen LogP contribution in [0.25, 0.3) is 11.0 Å². The largest absolute Gasteiger partial charge is 0.497 e. The normalized spacial score (nSPS) is 10.9. The number of halogens is 1. The Morgan fingerprint density at radius 2 is 1.81 bits per heavy atom. The molecule has 0 unspecified atom stereocenters. The summed E-state index contributed by atoms with van der Waals surface area (Å²) < 4.78 is 21.2. The van der Waals surface area contributed by atoms with Gasteiger partial charge in [0.1, 0.15) is 23.3 Å². The molecule has 2 aromatic heterocycles. The van der Waals surface area contributed by atoms with Crippen LogP contribution in [0.2, 0.25) is 0 Å². The first-order valence-electron chi connectivity index (χ1n) is 10.1. The molecule has 9 heteroatoms. The number of ether oxygens (including phenoxy) is 1. The quantitative estimate of drug-likeness (QED) is 0.458. The van der Waals surface area contributed by atoms with Crippen molar-refractivity contribution in [3.63, 3.8) is 0 Å². The molecule has 4 aromatic rings. The number of nitrogens with zero attached hydrogens (tertiary/aromatic N) is 4. The van der Waals surface area contributed by atoms with E-state index in [2.05, 4.69) is 15.4 Å². The van der Waals surface area contributed by atoms with Crippen molar-refractivity contribution in [1.29, 1.82) is 0 Å². The molecular formula is C23H22FN5O3. The second kappa shape index (κ2) is 9.42. The number of benzene rings is 2. The Balaban J connectivity index is 1.37. The number of carbonyl (C=O) groups excluding carboxylic acids is 1. The number of aromatic nitrogens is 4. The Kier molecular flexibility index (Phi) is 6.25. The van der Waals surface area contributed by atoms with Crippen LogP contribution in [-0.4, -0.2) is 38.9 Å². The maximum atomic E-state index is 13.1. The van der Waals surface area contributed by atoms with Crippen molar-refractivity contribution in [2.75, 3.05) is 13.7 Å². The summed E-state index contributed by atoms with van der Waals surface area (Å²) in [7, 11) is 1.59. The average molecular weight is 435 g/mol. The van der Waals surface area contributed by atoms with Crippen LogP contribution in [0.1, 0.15) is 11.1 Å². The third kappa shape index (κ3) is 4.83. The van der Waals surface area contributed by atoms with E-state index in [1.54, 1.807) is 23.9 Å². The van der Waals surface area contributed by atoms with Gasteiger partial charge in [0.2, 0.25) is 5.91 Å². The number of hydrogen-bond acceptors (Lipinski definition) is 5. The molecule has 4 rings (SSSR count). The Morgan fingerprint density at radius 1 is 1.09 bits per heavy atom. The maximum Gasteiger partial charge on any atom is 0.264 e. The number of hydrogen-bond donors (Lipinski definition) is 1. The van der Waals surface area contributed by atoms with Crippen LogP contribution in [0.15, 0.2) is 65.8 Å². The predicted molar refractivity (Wildman–Crippen MR) is 117 cm³/mol.